The number of carboxylic acid groups (broad SMARTS) is 1. The predicted molar refractivity (Wildman–Crippen MR) is 77.8 cm³/mol. The topological polar surface area (TPSA) is 113 Å². The summed E-state index contributed by atoms with van der Waals surface area (Å²) in [7, 11) is 0. The van der Waals surface area contributed by atoms with E-state index in [1.54, 1.807) is 38.1 Å². The molecule has 0 bridgehead atoms. The lowest BCUT2D eigenvalue weighted by Crippen LogP contribution is -2.44. The van der Waals surface area contributed by atoms with Gasteiger partial charge in [0.25, 0.3) is 0 Å². The zero-order chi connectivity index (χ0) is 16.0. The van der Waals surface area contributed by atoms with Gasteiger partial charge in [-0.2, -0.15) is 0 Å². The number of benzene rings is 1. The van der Waals surface area contributed by atoms with Crippen LogP contribution in [-0.2, 0) is 16.0 Å². The molecule has 0 spiro atoms. The van der Waals surface area contributed by atoms with Crippen molar-refractivity contribution in [1.82, 2.24) is 4.90 Å². The van der Waals surface area contributed by atoms with Crippen LogP contribution in [0.1, 0.15) is 19.4 Å². The van der Waals surface area contributed by atoms with Gasteiger partial charge in [0.2, 0.25) is 5.91 Å². The maximum absolute atomic E-state index is 12.1. The lowest BCUT2D eigenvalue weighted by atomic mass is 10.1. The van der Waals surface area contributed by atoms with Crippen molar-refractivity contribution in [2.24, 2.45) is 5.73 Å². The van der Waals surface area contributed by atoms with Crippen molar-refractivity contribution in [1.29, 1.82) is 0 Å². The Hall–Kier alpha value is -2.57. The lowest BCUT2D eigenvalue weighted by Gasteiger charge is -2.25. The minimum atomic E-state index is -0.917. The molecule has 0 heterocycles. The Morgan fingerprint density at radius 3 is 2.24 bits per heavy atom. The molecule has 0 saturated carbocycles. The highest BCUT2D eigenvalue weighted by molar-refractivity contribution is 5.92. The van der Waals surface area contributed by atoms with Crippen molar-refractivity contribution in [3.8, 4) is 0 Å². The van der Waals surface area contributed by atoms with Gasteiger partial charge in [0.15, 0.2) is 0 Å². The number of nitrogens with zero attached hydrogens (tertiary/aromatic N) is 1. The number of carbonyl (C=O) groups excluding carboxylic acids is 2. The lowest BCUT2D eigenvalue weighted by molar-refractivity contribution is -0.136. The van der Waals surface area contributed by atoms with Gasteiger partial charge in [-0.1, -0.05) is 12.1 Å². The molecule has 0 unspecified atom stereocenters. The number of carboxylic acids is 1. The number of carbonyl (C=O) groups is 3. The number of rotatable bonds is 6. The van der Waals surface area contributed by atoms with Gasteiger partial charge in [-0.3, -0.25) is 9.59 Å². The van der Waals surface area contributed by atoms with Gasteiger partial charge in [-0.15, -0.1) is 0 Å². The van der Waals surface area contributed by atoms with Crippen molar-refractivity contribution >= 4 is 23.6 Å². The summed E-state index contributed by atoms with van der Waals surface area (Å²) in [6.45, 7) is 3.39. The van der Waals surface area contributed by atoms with Crippen molar-refractivity contribution in [3.63, 3.8) is 0 Å². The molecule has 21 heavy (non-hydrogen) atoms. The fraction of sp³-hybridized carbons (Fsp3) is 0.357. The predicted octanol–water partition coefficient (Wildman–Crippen LogP) is 1.04. The van der Waals surface area contributed by atoms with E-state index in [0.717, 1.165) is 0 Å². The first-order valence-corrected chi connectivity index (χ1v) is 6.46. The number of amides is 3. The molecule has 0 aliphatic heterocycles. The van der Waals surface area contributed by atoms with Crippen LogP contribution in [0.3, 0.4) is 0 Å². The Kier molecular flexibility index (Phi) is 5.71. The molecule has 114 valence electrons. The van der Waals surface area contributed by atoms with Gasteiger partial charge in [-0.05, 0) is 31.5 Å². The van der Waals surface area contributed by atoms with E-state index in [1.807, 2.05) is 0 Å². The van der Waals surface area contributed by atoms with Crippen LogP contribution in [0.25, 0.3) is 0 Å². The summed E-state index contributed by atoms with van der Waals surface area (Å²) >= 11 is 0. The monoisotopic (exact) mass is 293 g/mol. The molecular formula is C14H19N3O4. The van der Waals surface area contributed by atoms with Crippen LogP contribution in [0.4, 0.5) is 10.5 Å². The summed E-state index contributed by atoms with van der Waals surface area (Å²) in [4.78, 5) is 34.9. The molecule has 0 radical (unpaired) electrons. The average Bonchev–Trinajstić information content (AvgIpc) is 2.37. The van der Waals surface area contributed by atoms with Crippen LogP contribution in [0, 0.1) is 0 Å². The molecule has 3 amide bonds. The second-order valence-electron chi connectivity index (χ2n) is 4.89. The van der Waals surface area contributed by atoms with Crippen LogP contribution in [0.5, 0.6) is 0 Å². The molecule has 0 saturated heterocycles. The average molecular weight is 293 g/mol. The first kappa shape index (κ1) is 16.5. The molecule has 0 fully saturated rings. The van der Waals surface area contributed by atoms with Crippen LogP contribution < -0.4 is 11.1 Å². The Morgan fingerprint density at radius 2 is 1.81 bits per heavy atom. The molecule has 1 aromatic carbocycles. The Morgan fingerprint density at radius 1 is 1.24 bits per heavy atom. The molecule has 0 aromatic heterocycles. The molecule has 7 heteroatoms. The summed E-state index contributed by atoms with van der Waals surface area (Å²) in [6.07, 6.45) is -0.0754. The third-order valence-corrected chi connectivity index (χ3v) is 2.77. The number of hydrogen-bond donors (Lipinski definition) is 3. The van der Waals surface area contributed by atoms with Gasteiger partial charge < -0.3 is 21.1 Å². The molecule has 4 N–H and O–H groups in total. The second-order valence-corrected chi connectivity index (χ2v) is 4.89. The normalized spacial score (nSPS) is 10.2. The van der Waals surface area contributed by atoms with E-state index in [0.29, 0.717) is 11.3 Å². The maximum Gasteiger partial charge on any atom is 0.322 e. The molecule has 0 aliphatic rings. The van der Waals surface area contributed by atoms with E-state index in [4.69, 9.17) is 10.8 Å². The number of primary amides is 1. The second kappa shape index (κ2) is 7.28. The van der Waals surface area contributed by atoms with Gasteiger partial charge in [-0.25, -0.2) is 4.79 Å². The summed E-state index contributed by atoms with van der Waals surface area (Å²) in [5.41, 5.74) is 6.27. The number of nitrogens with two attached hydrogens (primary N) is 1. The maximum atomic E-state index is 12.1. The SMILES string of the molecule is CC(C)N(CC(N)=O)C(=O)Nc1ccc(CC(=O)O)cc1. The van der Waals surface area contributed by atoms with E-state index >= 15 is 0 Å². The summed E-state index contributed by atoms with van der Waals surface area (Å²) in [5, 5.41) is 11.3. The van der Waals surface area contributed by atoms with Crippen molar-refractivity contribution in [2.75, 3.05) is 11.9 Å². The molecule has 7 nitrogen and oxygen atoms in total. The molecule has 0 aliphatic carbocycles. The Balaban J connectivity index is 2.72. The molecular weight excluding hydrogens is 274 g/mol. The van der Waals surface area contributed by atoms with Gasteiger partial charge in [0.1, 0.15) is 6.54 Å². The van der Waals surface area contributed by atoms with Crippen LogP contribution in [0.2, 0.25) is 0 Å². The van der Waals surface area contributed by atoms with E-state index < -0.39 is 17.9 Å². The number of hydrogen-bond acceptors (Lipinski definition) is 3. The van der Waals surface area contributed by atoms with E-state index in [9.17, 15) is 14.4 Å². The van der Waals surface area contributed by atoms with E-state index in [1.165, 1.54) is 4.90 Å². The van der Waals surface area contributed by atoms with Crippen molar-refractivity contribution < 1.29 is 19.5 Å². The van der Waals surface area contributed by atoms with Gasteiger partial charge in [0.05, 0.1) is 6.42 Å². The highest BCUT2D eigenvalue weighted by Crippen LogP contribution is 2.12. The number of nitrogens with one attached hydrogen (secondary N) is 1. The third kappa shape index (κ3) is 5.52. The minimum Gasteiger partial charge on any atom is -0.481 e. The quantitative estimate of drug-likeness (QED) is 0.727. The summed E-state index contributed by atoms with van der Waals surface area (Å²) < 4.78 is 0. The van der Waals surface area contributed by atoms with Gasteiger partial charge in [0, 0.05) is 11.7 Å². The number of aliphatic carboxylic acids is 1. The fourth-order valence-electron chi connectivity index (χ4n) is 1.73. The summed E-state index contributed by atoms with van der Waals surface area (Å²) in [6, 6.07) is 5.85. The highest BCUT2D eigenvalue weighted by atomic mass is 16.4. The number of urea groups is 1. The number of anilines is 1. The molecule has 1 rings (SSSR count). The zero-order valence-corrected chi connectivity index (χ0v) is 12.0. The van der Waals surface area contributed by atoms with E-state index in [2.05, 4.69) is 5.32 Å². The first-order valence-electron chi connectivity index (χ1n) is 6.46. The Labute approximate surface area is 122 Å². The molecule has 0 atom stereocenters. The zero-order valence-electron chi connectivity index (χ0n) is 12.0. The van der Waals surface area contributed by atoms with Crippen LogP contribution in [-0.4, -0.2) is 40.5 Å². The highest BCUT2D eigenvalue weighted by Gasteiger charge is 2.18. The van der Waals surface area contributed by atoms with E-state index in [-0.39, 0.29) is 19.0 Å². The Bertz CT molecular complexity index is 526. The van der Waals surface area contributed by atoms with Gasteiger partial charge >= 0.3 is 12.0 Å². The smallest absolute Gasteiger partial charge is 0.322 e. The standard InChI is InChI=1S/C14H19N3O4/c1-9(2)17(8-12(15)18)14(21)16-11-5-3-10(4-6-11)7-13(19)20/h3-6,9H,7-8H2,1-2H3,(H2,15,18)(H,16,21)(H,19,20). The van der Waals surface area contributed by atoms with Crippen LogP contribution in [0.15, 0.2) is 24.3 Å². The summed E-state index contributed by atoms with van der Waals surface area (Å²) in [5.74, 6) is -1.50. The third-order valence-electron chi connectivity index (χ3n) is 2.77. The fourth-order valence-corrected chi connectivity index (χ4v) is 1.73. The minimum absolute atomic E-state index is 0.0754. The van der Waals surface area contributed by atoms with Crippen molar-refractivity contribution in [3.05, 3.63) is 29.8 Å². The van der Waals surface area contributed by atoms with Crippen molar-refractivity contribution in [2.45, 2.75) is 26.3 Å². The first-order chi connectivity index (χ1) is 9.79. The largest absolute Gasteiger partial charge is 0.481 e. The van der Waals surface area contributed by atoms with Crippen LogP contribution >= 0.6 is 0 Å². The molecule has 1 aromatic rings.